The summed E-state index contributed by atoms with van der Waals surface area (Å²) in [6.07, 6.45) is 1.54. The standard InChI is InChI=1S/C20H20N2O3/c1-3-24-18-9-5-15(6-10-18)13-16(14-21)20(23)22-17-7-11-19(12-8-17)25-4-2/h5-13H,3-4H2,1-2H3,(H,22,23)/b16-13+. The average Bonchev–Trinajstić information content (AvgIpc) is 2.63. The van der Waals surface area contributed by atoms with Gasteiger partial charge in [-0.15, -0.1) is 0 Å². The van der Waals surface area contributed by atoms with Gasteiger partial charge in [0.1, 0.15) is 23.1 Å². The van der Waals surface area contributed by atoms with Gasteiger partial charge in [-0.2, -0.15) is 5.26 Å². The van der Waals surface area contributed by atoms with Crippen LogP contribution in [0.1, 0.15) is 19.4 Å². The molecule has 1 amide bonds. The quantitative estimate of drug-likeness (QED) is 0.612. The summed E-state index contributed by atoms with van der Waals surface area (Å²) in [5, 5.41) is 12.0. The van der Waals surface area contributed by atoms with Crippen LogP contribution in [0.2, 0.25) is 0 Å². The second-order valence-electron chi connectivity index (χ2n) is 5.08. The average molecular weight is 336 g/mol. The number of anilines is 1. The van der Waals surface area contributed by atoms with E-state index in [-0.39, 0.29) is 5.57 Å². The first kappa shape index (κ1) is 18.1. The highest BCUT2D eigenvalue weighted by Gasteiger charge is 2.09. The lowest BCUT2D eigenvalue weighted by Crippen LogP contribution is -2.13. The van der Waals surface area contributed by atoms with Crippen molar-refractivity contribution >= 4 is 17.7 Å². The van der Waals surface area contributed by atoms with Crippen LogP contribution in [0.3, 0.4) is 0 Å². The molecule has 0 aromatic heterocycles. The van der Waals surface area contributed by atoms with E-state index in [1.807, 2.05) is 19.9 Å². The molecule has 0 fully saturated rings. The summed E-state index contributed by atoms with van der Waals surface area (Å²) in [5.74, 6) is 1.02. The van der Waals surface area contributed by atoms with E-state index in [4.69, 9.17) is 9.47 Å². The van der Waals surface area contributed by atoms with Crippen LogP contribution >= 0.6 is 0 Å². The number of carbonyl (C=O) groups is 1. The van der Waals surface area contributed by atoms with Gasteiger partial charge in [0.05, 0.1) is 13.2 Å². The Balaban J connectivity index is 2.08. The minimum atomic E-state index is -0.458. The highest BCUT2D eigenvalue weighted by Crippen LogP contribution is 2.18. The zero-order valence-electron chi connectivity index (χ0n) is 14.3. The molecule has 0 heterocycles. The van der Waals surface area contributed by atoms with Crippen LogP contribution in [0, 0.1) is 11.3 Å². The van der Waals surface area contributed by atoms with Crippen LogP contribution in [0.4, 0.5) is 5.69 Å². The Morgan fingerprint density at radius 1 is 1.00 bits per heavy atom. The lowest BCUT2D eigenvalue weighted by Gasteiger charge is -2.07. The summed E-state index contributed by atoms with van der Waals surface area (Å²) >= 11 is 0. The molecule has 0 atom stereocenters. The summed E-state index contributed by atoms with van der Waals surface area (Å²) in [6.45, 7) is 4.98. The molecule has 0 unspecified atom stereocenters. The minimum absolute atomic E-state index is 0.0260. The number of hydrogen-bond donors (Lipinski definition) is 1. The lowest BCUT2D eigenvalue weighted by molar-refractivity contribution is -0.112. The van der Waals surface area contributed by atoms with Crippen molar-refractivity contribution in [3.05, 3.63) is 59.7 Å². The third-order valence-corrected chi connectivity index (χ3v) is 3.29. The fraction of sp³-hybridized carbons (Fsp3) is 0.200. The number of nitrogens with zero attached hydrogens (tertiary/aromatic N) is 1. The van der Waals surface area contributed by atoms with Crippen molar-refractivity contribution in [3.63, 3.8) is 0 Å². The van der Waals surface area contributed by atoms with Crippen LogP contribution in [0.5, 0.6) is 11.5 Å². The smallest absolute Gasteiger partial charge is 0.266 e. The Bertz CT molecular complexity index is 772. The molecule has 0 radical (unpaired) electrons. The van der Waals surface area contributed by atoms with Crippen LogP contribution < -0.4 is 14.8 Å². The van der Waals surface area contributed by atoms with E-state index in [2.05, 4.69) is 5.32 Å². The van der Waals surface area contributed by atoms with Crippen LogP contribution in [0.25, 0.3) is 6.08 Å². The summed E-state index contributed by atoms with van der Waals surface area (Å²) in [4.78, 5) is 12.3. The predicted molar refractivity (Wildman–Crippen MR) is 97.4 cm³/mol. The van der Waals surface area contributed by atoms with Crippen LogP contribution in [0.15, 0.2) is 54.1 Å². The van der Waals surface area contributed by atoms with Gasteiger partial charge in [0.25, 0.3) is 5.91 Å². The van der Waals surface area contributed by atoms with E-state index in [1.54, 1.807) is 54.6 Å². The van der Waals surface area contributed by atoms with E-state index in [9.17, 15) is 10.1 Å². The molecule has 0 bridgehead atoms. The molecule has 0 aliphatic heterocycles. The highest BCUT2D eigenvalue weighted by atomic mass is 16.5. The molecule has 5 heteroatoms. The topological polar surface area (TPSA) is 71.3 Å². The third-order valence-electron chi connectivity index (χ3n) is 3.29. The summed E-state index contributed by atoms with van der Waals surface area (Å²) in [7, 11) is 0. The fourth-order valence-electron chi connectivity index (χ4n) is 2.14. The molecule has 128 valence electrons. The van der Waals surface area contributed by atoms with Crippen molar-refractivity contribution in [2.75, 3.05) is 18.5 Å². The van der Waals surface area contributed by atoms with Crippen molar-refractivity contribution in [1.82, 2.24) is 0 Å². The molecule has 0 aliphatic carbocycles. The summed E-state index contributed by atoms with van der Waals surface area (Å²) in [6, 6.07) is 16.1. The first-order valence-electron chi connectivity index (χ1n) is 8.05. The number of rotatable bonds is 7. The Morgan fingerprint density at radius 3 is 2.00 bits per heavy atom. The lowest BCUT2D eigenvalue weighted by atomic mass is 10.1. The Kier molecular flexibility index (Phi) is 6.61. The van der Waals surface area contributed by atoms with E-state index >= 15 is 0 Å². The van der Waals surface area contributed by atoms with Gasteiger partial charge in [0, 0.05) is 5.69 Å². The molecule has 0 aliphatic rings. The van der Waals surface area contributed by atoms with Gasteiger partial charge in [-0.3, -0.25) is 4.79 Å². The Hall–Kier alpha value is -3.26. The molecule has 1 N–H and O–H groups in total. The molecule has 2 rings (SSSR count). The van der Waals surface area contributed by atoms with Gasteiger partial charge in [-0.05, 0) is 61.9 Å². The van der Waals surface area contributed by atoms with Crippen molar-refractivity contribution in [1.29, 1.82) is 5.26 Å². The number of ether oxygens (including phenoxy) is 2. The first-order chi connectivity index (χ1) is 12.2. The normalized spacial score (nSPS) is 10.7. The summed E-state index contributed by atoms with van der Waals surface area (Å²) < 4.78 is 10.7. The summed E-state index contributed by atoms with van der Waals surface area (Å²) in [5.41, 5.74) is 1.38. The predicted octanol–water partition coefficient (Wildman–Crippen LogP) is 4.03. The molecule has 2 aromatic carbocycles. The zero-order valence-corrected chi connectivity index (χ0v) is 14.3. The molecule has 2 aromatic rings. The maximum absolute atomic E-state index is 12.3. The second-order valence-corrected chi connectivity index (χ2v) is 5.08. The maximum atomic E-state index is 12.3. The fourth-order valence-corrected chi connectivity index (χ4v) is 2.14. The Morgan fingerprint density at radius 2 is 1.52 bits per heavy atom. The molecule has 0 saturated carbocycles. The number of benzene rings is 2. The van der Waals surface area contributed by atoms with E-state index in [0.29, 0.717) is 18.9 Å². The Labute approximate surface area is 147 Å². The number of amides is 1. The zero-order chi connectivity index (χ0) is 18.1. The molecule has 5 nitrogen and oxygen atoms in total. The molecular weight excluding hydrogens is 316 g/mol. The van der Waals surface area contributed by atoms with Crippen molar-refractivity contribution in [3.8, 4) is 17.6 Å². The minimum Gasteiger partial charge on any atom is -0.494 e. The van der Waals surface area contributed by atoms with Gasteiger partial charge < -0.3 is 14.8 Å². The number of carbonyl (C=O) groups excluding carboxylic acids is 1. The van der Waals surface area contributed by atoms with E-state index < -0.39 is 5.91 Å². The van der Waals surface area contributed by atoms with Gasteiger partial charge in [0.2, 0.25) is 0 Å². The molecule has 25 heavy (non-hydrogen) atoms. The number of nitriles is 1. The van der Waals surface area contributed by atoms with Gasteiger partial charge in [0.15, 0.2) is 0 Å². The SMILES string of the molecule is CCOc1ccc(/C=C(\C#N)C(=O)Nc2ccc(OCC)cc2)cc1. The monoisotopic (exact) mass is 336 g/mol. The van der Waals surface area contributed by atoms with Gasteiger partial charge >= 0.3 is 0 Å². The van der Waals surface area contributed by atoms with Gasteiger partial charge in [-0.1, -0.05) is 12.1 Å². The highest BCUT2D eigenvalue weighted by molar-refractivity contribution is 6.09. The van der Waals surface area contributed by atoms with Gasteiger partial charge in [-0.25, -0.2) is 0 Å². The second kappa shape index (κ2) is 9.14. The van der Waals surface area contributed by atoms with E-state index in [1.165, 1.54) is 0 Å². The van der Waals surface area contributed by atoms with Crippen molar-refractivity contribution in [2.24, 2.45) is 0 Å². The van der Waals surface area contributed by atoms with Crippen LogP contribution in [-0.2, 0) is 4.79 Å². The first-order valence-corrected chi connectivity index (χ1v) is 8.05. The van der Waals surface area contributed by atoms with E-state index in [0.717, 1.165) is 17.1 Å². The molecule has 0 saturated heterocycles. The van der Waals surface area contributed by atoms with Crippen LogP contribution in [-0.4, -0.2) is 19.1 Å². The maximum Gasteiger partial charge on any atom is 0.266 e. The van der Waals surface area contributed by atoms with Crippen molar-refractivity contribution in [2.45, 2.75) is 13.8 Å². The molecule has 0 spiro atoms. The molecular formula is C20H20N2O3. The number of nitrogens with one attached hydrogen (secondary N) is 1. The largest absolute Gasteiger partial charge is 0.494 e. The number of hydrogen-bond acceptors (Lipinski definition) is 4. The van der Waals surface area contributed by atoms with Crippen molar-refractivity contribution < 1.29 is 14.3 Å². The third kappa shape index (κ3) is 5.40.